The van der Waals surface area contributed by atoms with Crippen LogP contribution in [0.3, 0.4) is 0 Å². The molecule has 0 aromatic carbocycles. The number of thioether (sulfide) groups is 1. The van der Waals surface area contributed by atoms with Crippen molar-refractivity contribution in [3.05, 3.63) is 12.7 Å². The first-order chi connectivity index (χ1) is 4.31. The molecule has 1 unspecified atom stereocenters. The maximum absolute atomic E-state index is 8.95. The zero-order chi connectivity index (χ0) is 7.11. The van der Waals surface area contributed by atoms with Crippen LogP contribution in [-0.2, 0) is 0 Å². The summed E-state index contributed by atoms with van der Waals surface area (Å²) in [6.07, 6.45) is 2.43. The third-order valence-corrected chi connectivity index (χ3v) is 2.18. The molecule has 0 saturated carbocycles. The van der Waals surface area contributed by atoms with Crippen molar-refractivity contribution in [3.63, 3.8) is 0 Å². The summed E-state index contributed by atoms with van der Waals surface area (Å²) in [6, 6.07) is 0. The van der Waals surface area contributed by atoms with Gasteiger partial charge in [-0.15, -0.1) is 6.58 Å². The minimum Gasteiger partial charge on any atom is -0.388 e. The Kier molecular flexibility index (Phi) is 6.21. The largest absolute Gasteiger partial charge is 0.388 e. The lowest BCUT2D eigenvalue weighted by Gasteiger charge is -2.01. The molecule has 0 amide bonds. The predicted octanol–water partition coefficient (Wildman–Crippen LogP) is 1.68. The van der Waals surface area contributed by atoms with E-state index in [1.807, 2.05) is 0 Å². The monoisotopic (exact) mass is 146 g/mol. The molecule has 0 bridgehead atoms. The van der Waals surface area contributed by atoms with Gasteiger partial charge < -0.3 is 5.11 Å². The number of hydrogen-bond donors (Lipinski definition) is 1. The molecule has 0 aromatic heterocycles. The van der Waals surface area contributed by atoms with Gasteiger partial charge in [-0.05, 0) is 12.2 Å². The van der Waals surface area contributed by atoms with Gasteiger partial charge >= 0.3 is 0 Å². The lowest BCUT2D eigenvalue weighted by atomic mass is 10.4. The smallest absolute Gasteiger partial charge is 0.0808 e. The molecule has 2 heteroatoms. The van der Waals surface area contributed by atoms with Crippen LogP contribution in [0, 0.1) is 0 Å². The molecule has 0 radical (unpaired) electrons. The molecule has 0 rings (SSSR count). The number of aliphatic hydroxyl groups is 1. The van der Waals surface area contributed by atoms with Crippen molar-refractivity contribution in [2.45, 2.75) is 19.4 Å². The van der Waals surface area contributed by atoms with E-state index in [0.29, 0.717) is 0 Å². The molecule has 0 spiro atoms. The second-order valence-electron chi connectivity index (χ2n) is 1.88. The van der Waals surface area contributed by atoms with Crippen LogP contribution in [0.15, 0.2) is 12.7 Å². The van der Waals surface area contributed by atoms with Gasteiger partial charge in [0.2, 0.25) is 0 Å². The van der Waals surface area contributed by atoms with E-state index in [1.165, 1.54) is 6.42 Å². The predicted molar refractivity (Wildman–Crippen MR) is 43.8 cm³/mol. The van der Waals surface area contributed by atoms with E-state index in [4.69, 9.17) is 5.11 Å². The fourth-order valence-electron chi connectivity index (χ4n) is 0.416. The van der Waals surface area contributed by atoms with Crippen molar-refractivity contribution in [1.82, 2.24) is 0 Å². The highest BCUT2D eigenvalue weighted by atomic mass is 32.2. The van der Waals surface area contributed by atoms with Crippen LogP contribution in [0.1, 0.15) is 13.3 Å². The summed E-state index contributed by atoms with van der Waals surface area (Å²) in [5.74, 6) is 1.92. The molecule has 0 aliphatic rings. The summed E-state index contributed by atoms with van der Waals surface area (Å²) < 4.78 is 0. The third-order valence-electron chi connectivity index (χ3n) is 0.909. The van der Waals surface area contributed by atoms with Crippen molar-refractivity contribution in [2.75, 3.05) is 11.5 Å². The highest BCUT2D eigenvalue weighted by Crippen LogP contribution is 2.04. The Balaban J connectivity index is 2.96. The van der Waals surface area contributed by atoms with Crippen LogP contribution in [0.5, 0.6) is 0 Å². The minimum atomic E-state index is -0.318. The second-order valence-corrected chi connectivity index (χ2v) is 3.03. The molecule has 0 heterocycles. The van der Waals surface area contributed by atoms with Gasteiger partial charge in [0.1, 0.15) is 0 Å². The normalized spacial score (nSPS) is 13.1. The fraction of sp³-hybridized carbons (Fsp3) is 0.714. The Morgan fingerprint density at radius 3 is 2.89 bits per heavy atom. The molecule has 0 aromatic rings. The zero-order valence-corrected chi connectivity index (χ0v) is 6.66. The summed E-state index contributed by atoms with van der Waals surface area (Å²) >= 11 is 1.76. The molecule has 1 nitrogen and oxygen atoms in total. The molecule has 54 valence electrons. The standard InChI is InChI=1S/C7H14OS/c1-3-5-9-6-7(8)4-2/h4,7-8H,2-3,5-6H2,1H3. The van der Waals surface area contributed by atoms with Gasteiger partial charge in [-0.25, -0.2) is 0 Å². The molecular weight excluding hydrogens is 132 g/mol. The highest BCUT2D eigenvalue weighted by Gasteiger charge is 1.95. The van der Waals surface area contributed by atoms with Crippen molar-refractivity contribution >= 4 is 11.8 Å². The Hall–Kier alpha value is 0.0500. The quantitative estimate of drug-likeness (QED) is 0.470. The van der Waals surface area contributed by atoms with Gasteiger partial charge in [0.05, 0.1) is 6.10 Å². The molecule has 1 N–H and O–H groups in total. The van der Waals surface area contributed by atoms with Crippen LogP contribution in [-0.4, -0.2) is 22.7 Å². The average Bonchev–Trinajstić information content (AvgIpc) is 1.89. The van der Waals surface area contributed by atoms with E-state index in [2.05, 4.69) is 13.5 Å². The van der Waals surface area contributed by atoms with Crippen LogP contribution in [0.4, 0.5) is 0 Å². The maximum Gasteiger partial charge on any atom is 0.0808 e. The molecule has 0 aliphatic heterocycles. The first-order valence-corrected chi connectivity index (χ1v) is 4.35. The van der Waals surface area contributed by atoms with E-state index >= 15 is 0 Å². The Labute approximate surface area is 61.2 Å². The lowest BCUT2D eigenvalue weighted by Crippen LogP contribution is -2.04. The van der Waals surface area contributed by atoms with Gasteiger partial charge in [0.25, 0.3) is 0 Å². The van der Waals surface area contributed by atoms with Gasteiger partial charge in [-0.2, -0.15) is 11.8 Å². The molecule has 0 saturated heterocycles. The maximum atomic E-state index is 8.95. The lowest BCUT2D eigenvalue weighted by molar-refractivity contribution is 0.249. The first kappa shape index (κ1) is 9.05. The van der Waals surface area contributed by atoms with Crippen LogP contribution >= 0.6 is 11.8 Å². The summed E-state index contributed by atoms with van der Waals surface area (Å²) in [5, 5.41) is 8.95. The Morgan fingerprint density at radius 1 is 1.78 bits per heavy atom. The number of aliphatic hydroxyl groups excluding tert-OH is 1. The van der Waals surface area contributed by atoms with Crippen LogP contribution < -0.4 is 0 Å². The summed E-state index contributed by atoms with van der Waals surface area (Å²) in [5.41, 5.74) is 0. The summed E-state index contributed by atoms with van der Waals surface area (Å²) in [6.45, 7) is 5.61. The zero-order valence-electron chi connectivity index (χ0n) is 5.84. The van der Waals surface area contributed by atoms with E-state index in [1.54, 1.807) is 17.8 Å². The van der Waals surface area contributed by atoms with Gasteiger partial charge in [-0.3, -0.25) is 0 Å². The molecule has 0 fully saturated rings. The number of hydrogen-bond acceptors (Lipinski definition) is 2. The van der Waals surface area contributed by atoms with Gasteiger partial charge in [-0.1, -0.05) is 13.0 Å². The first-order valence-electron chi connectivity index (χ1n) is 3.19. The van der Waals surface area contributed by atoms with Crippen molar-refractivity contribution in [1.29, 1.82) is 0 Å². The van der Waals surface area contributed by atoms with E-state index in [0.717, 1.165) is 11.5 Å². The van der Waals surface area contributed by atoms with Crippen molar-refractivity contribution < 1.29 is 5.11 Å². The van der Waals surface area contributed by atoms with Crippen molar-refractivity contribution in [2.24, 2.45) is 0 Å². The van der Waals surface area contributed by atoms with E-state index < -0.39 is 0 Å². The minimum absolute atomic E-state index is 0.318. The van der Waals surface area contributed by atoms with Gasteiger partial charge in [0.15, 0.2) is 0 Å². The molecular formula is C7H14OS. The Morgan fingerprint density at radius 2 is 2.44 bits per heavy atom. The van der Waals surface area contributed by atoms with E-state index in [-0.39, 0.29) is 6.10 Å². The van der Waals surface area contributed by atoms with E-state index in [9.17, 15) is 0 Å². The SMILES string of the molecule is C=CC(O)CSCCC. The number of rotatable bonds is 5. The molecule has 1 atom stereocenters. The summed E-state index contributed by atoms with van der Waals surface area (Å²) in [4.78, 5) is 0. The van der Waals surface area contributed by atoms with Crippen molar-refractivity contribution in [3.8, 4) is 0 Å². The van der Waals surface area contributed by atoms with Gasteiger partial charge in [0, 0.05) is 5.75 Å². The fourth-order valence-corrected chi connectivity index (χ4v) is 1.25. The second kappa shape index (κ2) is 6.17. The highest BCUT2D eigenvalue weighted by molar-refractivity contribution is 7.99. The third kappa shape index (κ3) is 5.93. The Bertz CT molecular complexity index is 73.3. The average molecular weight is 146 g/mol. The molecule has 9 heavy (non-hydrogen) atoms. The topological polar surface area (TPSA) is 20.2 Å². The van der Waals surface area contributed by atoms with Crippen LogP contribution in [0.25, 0.3) is 0 Å². The van der Waals surface area contributed by atoms with Crippen LogP contribution in [0.2, 0.25) is 0 Å². The molecule has 0 aliphatic carbocycles. The summed E-state index contributed by atoms with van der Waals surface area (Å²) in [7, 11) is 0.